The second-order valence-electron chi connectivity index (χ2n) is 3.47. The van der Waals surface area contributed by atoms with E-state index in [-0.39, 0.29) is 10.6 Å². The molecule has 0 saturated heterocycles. The van der Waals surface area contributed by atoms with Gasteiger partial charge in [-0.25, -0.2) is 0 Å². The Bertz CT molecular complexity index is 521. The van der Waals surface area contributed by atoms with E-state index in [2.05, 4.69) is 6.92 Å². The van der Waals surface area contributed by atoms with Gasteiger partial charge in [0.2, 0.25) is 0 Å². The number of hydrogen-bond acceptors (Lipinski definition) is 2. The lowest BCUT2D eigenvalue weighted by atomic mass is 10.0. The highest BCUT2D eigenvalue weighted by Gasteiger charge is 2.14. The summed E-state index contributed by atoms with van der Waals surface area (Å²) >= 11 is 0. The maximum absolute atomic E-state index is 10.9. The summed E-state index contributed by atoms with van der Waals surface area (Å²) in [7, 11) is 0. The summed E-state index contributed by atoms with van der Waals surface area (Å²) in [5.74, 6) is 0. The highest BCUT2D eigenvalue weighted by molar-refractivity contribution is 5.74. The van der Waals surface area contributed by atoms with Crippen LogP contribution < -0.4 is 0 Å². The van der Waals surface area contributed by atoms with E-state index in [9.17, 15) is 10.1 Å². The monoisotopic (exact) mass is 212 g/mol. The summed E-state index contributed by atoms with van der Waals surface area (Å²) in [4.78, 5) is 10.5. The van der Waals surface area contributed by atoms with Crippen LogP contribution in [0.5, 0.6) is 0 Å². The van der Waals surface area contributed by atoms with Crippen molar-refractivity contribution < 1.29 is 4.92 Å². The second-order valence-corrected chi connectivity index (χ2v) is 3.47. The van der Waals surface area contributed by atoms with Crippen molar-refractivity contribution in [3.63, 3.8) is 0 Å². The average Bonchev–Trinajstić information content (AvgIpc) is 2.29. The molecule has 2 aromatic rings. The number of benzene rings is 2. The van der Waals surface area contributed by atoms with Crippen LogP contribution in [-0.2, 0) is 0 Å². The van der Waals surface area contributed by atoms with Gasteiger partial charge in [0.25, 0.3) is 5.69 Å². The van der Waals surface area contributed by atoms with Gasteiger partial charge in [0.15, 0.2) is 0 Å². The summed E-state index contributed by atoms with van der Waals surface area (Å²) in [6.07, 6.45) is 0. The third-order valence-corrected chi connectivity index (χ3v) is 2.34. The first kappa shape index (κ1) is 10.4. The number of rotatable bonds is 2. The van der Waals surface area contributed by atoms with Crippen LogP contribution in [0.1, 0.15) is 5.56 Å². The number of nitro benzene ring substituents is 1. The Kier molecular flexibility index (Phi) is 2.68. The zero-order valence-electron chi connectivity index (χ0n) is 8.59. The van der Waals surface area contributed by atoms with Crippen LogP contribution in [0.15, 0.2) is 48.5 Å². The molecule has 0 amide bonds. The van der Waals surface area contributed by atoms with E-state index in [4.69, 9.17) is 0 Å². The largest absolute Gasteiger partial charge is 0.277 e. The van der Waals surface area contributed by atoms with E-state index in [1.165, 1.54) is 6.07 Å². The third kappa shape index (κ3) is 1.93. The van der Waals surface area contributed by atoms with Crippen LogP contribution in [0.3, 0.4) is 0 Å². The summed E-state index contributed by atoms with van der Waals surface area (Å²) in [6, 6.07) is 14.2. The Morgan fingerprint density at radius 3 is 2.38 bits per heavy atom. The zero-order valence-corrected chi connectivity index (χ0v) is 8.59. The van der Waals surface area contributed by atoms with E-state index in [1.54, 1.807) is 12.1 Å². The van der Waals surface area contributed by atoms with E-state index >= 15 is 0 Å². The van der Waals surface area contributed by atoms with Gasteiger partial charge in [-0.3, -0.25) is 10.1 Å². The molecule has 0 aliphatic heterocycles. The first-order valence-electron chi connectivity index (χ1n) is 4.84. The molecule has 0 heterocycles. The Hall–Kier alpha value is -2.16. The van der Waals surface area contributed by atoms with Crippen molar-refractivity contribution in [3.05, 3.63) is 71.1 Å². The number of nitro groups is 1. The van der Waals surface area contributed by atoms with Gasteiger partial charge >= 0.3 is 0 Å². The predicted octanol–water partition coefficient (Wildman–Crippen LogP) is 3.44. The molecule has 0 aliphatic rings. The average molecular weight is 212 g/mol. The predicted molar refractivity (Wildman–Crippen MR) is 63.0 cm³/mol. The highest BCUT2D eigenvalue weighted by atomic mass is 16.6. The Balaban J connectivity index is 2.63. The van der Waals surface area contributed by atoms with Crippen molar-refractivity contribution in [3.8, 4) is 11.1 Å². The summed E-state index contributed by atoms with van der Waals surface area (Å²) in [6.45, 7) is 3.78. The molecule has 16 heavy (non-hydrogen) atoms. The minimum absolute atomic E-state index is 0.110. The Labute approximate surface area is 93.5 Å². The molecule has 1 radical (unpaired) electrons. The van der Waals surface area contributed by atoms with Crippen molar-refractivity contribution in [2.75, 3.05) is 0 Å². The molecule has 3 nitrogen and oxygen atoms in total. The fourth-order valence-corrected chi connectivity index (χ4v) is 1.59. The van der Waals surface area contributed by atoms with E-state index in [0.29, 0.717) is 5.56 Å². The molecular formula is C13H10NO2. The molecule has 0 bridgehead atoms. The quantitative estimate of drug-likeness (QED) is 0.565. The molecular weight excluding hydrogens is 202 g/mol. The van der Waals surface area contributed by atoms with Crippen LogP contribution in [0, 0.1) is 17.0 Å². The van der Waals surface area contributed by atoms with Crippen molar-refractivity contribution in [2.24, 2.45) is 0 Å². The normalized spacial score (nSPS) is 10.1. The van der Waals surface area contributed by atoms with Gasteiger partial charge in [-0.1, -0.05) is 36.4 Å². The molecule has 3 heteroatoms. The minimum Gasteiger partial charge on any atom is -0.258 e. The highest BCUT2D eigenvalue weighted by Crippen LogP contribution is 2.30. The van der Waals surface area contributed by atoms with Crippen molar-refractivity contribution in [1.29, 1.82) is 0 Å². The first-order chi connectivity index (χ1) is 7.68. The molecule has 0 atom stereocenters. The van der Waals surface area contributed by atoms with Crippen LogP contribution in [-0.4, -0.2) is 4.92 Å². The Morgan fingerprint density at radius 1 is 1.06 bits per heavy atom. The Morgan fingerprint density at radius 2 is 1.75 bits per heavy atom. The van der Waals surface area contributed by atoms with Gasteiger partial charge in [0.05, 0.1) is 10.5 Å². The van der Waals surface area contributed by atoms with Gasteiger partial charge in [-0.2, -0.15) is 0 Å². The van der Waals surface area contributed by atoms with E-state index in [1.807, 2.05) is 30.3 Å². The summed E-state index contributed by atoms with van der Waals surface area (Å²) in [5, 5.41) is 10.9. The third-order valence-electron chi connectivity index (χ3n) is 2.34. The van der Waals surface area contributed by atoms with Crippen molar-refractivity contribution >= 4 is 5.69 Å². The molecule has 0 spiro atoms. The fourth-order valence-electron chi connectivity index (χ4n) is 1.59. The minimum atomic E-state index is -0.373. The van der Waals surface area contributed by atoms with Crippen LogP contribution in [0.4, 0.5) is 5.69 Å². The van der Waals surface area contributed by atoms with Gasteiger partial charge < -0.3 is 0 Å². The lowest BCUT2D eigenvalue weighted by molar-refractivity contribution is -0.384. The number of nitrogens with zero attached hydrogens (tertiary/aromatic N) is 1. The van der Waals surface area contributed by atoms with Gasteiger partial charge in [0.1, 0.15) is 0 Å². The maximum Gasteiger partial charge on any atom is 0.277 e. The van der Waals surface area contributed by atoms with Gasteiger partial charge in [0, 0.05) is 6.07 Å². The molecule has 2 aromatic carbocycles. The molecule has 0 aliphatic carbocycles. The van der Waals surface area contributed by atoms with Crippen LogP contribution in [0.2, 0.25) is 0 Å². The molecule has 79 valence electrons. The van der Waals surface area contributed by atoms with Crippen LogP contribution >= 0.6 is 0 Å². The van der Waals surface area contributed by atoms with E-state index < -0.39 is 0 Å². The van der Waals surface area contributed by atoms with Gasteiger partial charge in [-0.15, -0.1) is 0 Å². The first-order valence-corrected chi connectivity index (χ1v) is 4.84. The van der Waals surface area contributed by atoms with Crippen molar-refractivity contribution in [2.45, 2.75) is 0 Å². The molecule has 0 saturated carbocycles. The maximum atomic E-state index is 10.9. The molecule has 0 aromatic heterocycles. The topological polar surface area (TPSA) is 43.1 Å². The van der Waals surface area contributed by atoms with Gasteiger partial charge in [-0.05, 0) is 24.1 Å². The number of hydrogen-bond donors (Lipinski definition) is 0. The molecule has 0 unspecified atom stereocenters. The van der Waals surface area contributed by atoms with Crippen molar-refractivity contribution in [1.82, 2.24) is 0 Å². The molecule has 0 N–H and O–H groups in total. The second kappa shape index (κ2) is 4.14. The molecule has 0 fully saturated rings. The van der Waals surface area contributed by atoms with E-state index in [0.717, 1.165) is 11.1 Å². The lowest BCUT2D eigenvalue weighted by Crippen LogP contribution is -1.92. The fraction of sp³-hybridized carbons (Fsp3) is 0. The van der Waals surface area contributed by atoms with Crippen LogP contribution in [0.25, 0.3) is 11.1 Å². The smallest absolute Gasteiger partial charge is 0.258 e. The standard InChI is InChI=1S/C13H10NO2/c1-10-7-8-13(14(15)16)12(9-10)11-5-3-2-4-6-11/h2-9H,1H2. The molecule has 2 rings (SSSR count). The lowest BCUT2D eigenvalue weighted by Gasteiger charge is -2.04. The zero-order chi connectivity index (χ0) is 11.5. The summed E-state index contributed by atoms with van der Waals surface area (Å²) < 4.78 is 0. The SMILES string of the molecule is [CH2]c1ccc([N+](=O)[O-])c(-c2ccccc2)c1. The summed E-state index contributed by atoms with van der Waals surface area (Å²) in [5.41, 5.74) is 2.32.